The molecule has 0 radical (unpaired) electrons. The first kappa shape index (κ1) is 24.0. The largest absolute Gasteiger partial charge is 0.487 e. The number of rotatable bonds is 5. The van der Waals surface area contributed by atoms with E-state index in [0.717, 1.165) is 60.4 Å². The number of likely N-dealkylation sites (tertiary alicyclic amines) is 1. The quantitative estimate of drug-likeness (QED) is 0.599. The summed E-state index contributed by atoms with van der Waals surface area (Å²) in [4.78, 5) is 28.0. The summed E-state index contributed by atoms with van der Waals surface area (Å²) in [6, 6.07) is 17.8. The van der Waals surface area contributed by atoms with Gasteiger partial charge in [0.25, 0.3) is 0 Å². The minimum Gasteiger partial charge on any atom is -0.487 e. The van der Waals surface area contributed by atoms with Crippen LogP contribution >= 0.6 is 0 Å². The van der Waals surface area contributed by atoms with Crippen molar-refractivity contribution in [1.29, 1.82) is 0 Å². The summed E-state index contributed by atoms with van der Waals surface area (Å²) in [5, 5.41) is 13.2. The predicted molar refractivity (Wildman–Crippen MR) is 148 cm³/mol. The summed E-state index contributed by atoms with van der Waals surface area (Å²) < 4.78 is 6.36. The number of para-hydroxylation sites is 1. The number of nitrogens with zero attached hydrogens (tertiary/aromatic N) is 3. The second-order valence-electron chi connectivity index (χ2n) is 11.2. The molecular formula is C31H33N5O3. The van der Waals surface area contributed by atoms with Crippen molar-refractivity contribution < 1.29 is 14.3 Å². The molecule has 8 nitrogen and oxygen atoms in total. The van der Waals surface area contributed by atoms with E-state index in [2.05, 4.69) is 28.8 Å². The number of benzene rings is 2. The number of carbonyl (C=O) groups is 2. The van der Waals surface area contributed by atoms with E-state index in [9.17, 15) is 9.59 Å². The number of amides is 3. The molecule has 5 aliphatic rings. The third-order valence-electron chi connectivity index (χ3n) is 8.69. The van der Waals surface area contributed by atoms with Gasteiger partial charge in [0.15, 0.2) is 0 Å². The monoisotopic (exact) mass is 523 g/mol. The fourth-order valence-electron chi connectivity index (χ4n) is 6.52. The first-order valence-corrected chi connectivity index (χ1v) is 14.0. The fourth-order valence-corrected chi connectivity index (χ4v) is 6.52. The number of carbonyl (C=O) groups excluding carboxylic acids is 2. The Morgan fingerprint density at radius 1 is 1.08 bits per heavy atom. The summed E-state index contributed by atoms with van der Waals surface area (Å²) in [5.74, 6) is 0.877. The Morgan fingerprint density at radius 2 is 1.90 bits per heavy atom. The van der Waals surface area contributed by atoms with E-state index < -0.39 is 0 Å². The molecule has 3 atom stereocenters. The zero-order valence-corrected chi connectivity index (χ0v) is 21.9. The van der Waals surface area contributed by atoms with Crippen LogP contribution in [0.4, 0.5) is 4.79 Å². The van der Waals surface area contributed by atoms with Crippen LogP contribution in [-0.4, -0.2) is 46.2 Å². The van der Waals surface area contributed by atoms with Crippen molar-refractivity contribution in [3.8, 4) is 5.75 Å². The minimum atomic E-state index is -0.250. The summed E-state index contributed by atoms with van der Waals surface area (Å²) in [7, 11) is 0. The van der Waals surface area contributed by atoms with Gasteiger partial charge >= 0.3 is 6.03 Å². The number of fused-ring (bicyclic) bond motifs is 2. The maximum atomic E-state index is 13.5. The topological polar surface area (TPSA) is 86.3 Å². The van der Waals surface area contributed by atoms with Gasteiger partial charge in [0.2, 0.25) is 5.91 Å². The van der Waals surface area contributed by atoms with E-state index >= 15 is 0 Å². The maximum Gasteiger partial charge on any atom is 0.319 e. The first-order valence-electron chi connectivity index (χ1n) is 14.0. The molecule has 1 saturated carbocycles. The standard InChI is InChI=1S/C31H33N5O3/c37-29-12-6-15-35(29)22-16-25(24-19-32-36(27(24)17-22)20-21-8-2-1-3-9-21)33-30(38)34-26-18-31(13-7-14-31)39-28-11-5-4-10-23(26)28/h1-5,8-11,16-17,19,24,26-27H,6-7,12-15,18,20H2,(H2,33,34,38). The fraction of sp³-hybridized carbons (Fsp3) is 0.387. The van der Waals surface area contributed by atoms with Gasteiger partial charge < -0.3 is 20.3 Å². The van der Waals surface area contributed by atoms with Crippen molar-refractivity contribution in [3.63, 3.8) is 0 Å². The second kappa shape index (κ2) is 9.59. The lowest BCUT2D eigenvalue weighted by molar-refractivity contribution is -0.125. The number of nitrogens with one attached hydrogen (secondary N) is 2. The highest BCUT2D eigenvalue weighted by Crippen LogP contribution is 2.48. The summed E-state index contributed by atoms with van der Waals surface area (Å²) in [6.07, 6.45) is 11.3. The highest BCUT2D eigenvalue weighted by molar-refractivity contribution is 5.83. The number of hydrazone groups is 1. The molecule has 1 spiro atoms. The second-order valence-corrected chi connectivity index (χ2v) is 11.2. The Kier molecular flexibility index (Phi) is 5.90. The van der Waals surface area contributed by atoms with Crippen molar-refractivity contribution in [1.82, 2.24) is 20.5 Å². The predicted octanol–water partition coefficient (Wildman–Crippen LogP) is 4.62. The summed E-state index contributed by atoms with van der Waals surface area (Å²) >= 11 is 0. The number of urea groups is 1. The van der Waals surface area contributed by atoms with E-state index in [-0.39, 0.29) is 35.5 Å². The SMILES string of the molecule is O=C(NC1=CC(N2CCCC2=O)=CC2C1C=NN2Cc1ccccc1)NC1CC2(CCC2)Oc2ccccc21. The van der Waals surface area contributed by atoms with E-state index in [1.54, 1.807) is 0 Å². The van der Waals surface area contributed by atoms with Gasteiger partial charge in [-0.05, 0) is 49.5 Å². The molecule has 2 aromatic rings. The molecule has 2 fully saturated rings. The molecule has 200 valence electrons. The van der Waals surface area contributed by atoms with E-state index in [1.165, 1.54) is 0 Å². The summed E-state index contributed by atoms with van der Waals surface area (Å²) in [5.41, 5.74) is 3.59. The minimum absolute atomic E-state index is 0.0871. The van der Waals surface area contributed by atoms with Gasteiger partial charge in [-0.3, -0.25) is 9.80 Å². The molecule has 3 aliphatic heterocycles. The average Bonchev–Trinajstić information content (AvgIpc) is 3.54. The number of hydrogen-bond acceptors (Lipinski definition) is 5. The molecule has 7 rings (SSSR count). The average molecular weight is 524 g/mol. The zero-order valence-electron chi connectivity index (χ0n) is 21.9. The lowest BCUT2D eigenvalue weighted by atomic mass is 9.73. The van der Waals surface area contributed by atoms with Gasteiger partial charge in [-0.25, -0.2) is 4.79 Å². The lowest BCUT2D eigenvalue weighted by Crippen LogP contribution is -2.51. The Balaban J connectivity index is 1.12. The molecule has 0 aromatic heterocycles. The zero-order chi connectivity index (χ0) is 26.4. The van der Waals surface area contributed by atoms with Crippen LogP contribution in [0.25, 0.3) is 0 Å². The van der Waals surface area contributed by atoms with Crippen molar-refractivity contribution in [2.24, 2.45) is 11.0 Å². The Hall–Kier alpha value is -4.07. The molecule has 3 heterocycles. The van der Waals surface area contributed by atoms with Gasteiger partial charge in [-0.1, -0.05) is 48.5 Å². The smallest absolute Gasteiger partial charge is 0.319 e. The third-order valence-corrected chi connectivity index (χ3v) is 8.69. The molecule has 2 aliphatic carbocycles. The van der Waals surface area contributed by atoms with Crippen molar-refractivity contribution in [2.45, 2.75) is 62.8 Å². The highest BCUT2D eigenvalue weighted by atomic mass is 16.5. The van der Waals surface area contributed by atoms with Crippen molar-refractivity contribution >= 4 is 18.2 Å². The molecule has 3 amide bonds. The van der Waals surface area contributed by atoms with E-state index in [0.29, 0.717) is 19.5 Å². The van der Waals surface area contributed by atoms with Gasteiger partial charge in [-0.2, -0.15) is 5.10 Å². The normalized spacial score (nSPS) is 26.3. The van der Waals surface area contributed by atoms with Crippen molar-refractivity contribution in [3.05, 3.63) is 89.3 Å². The Labute approximate surface area is 228 Å². The highest BCUT2D eigenvalue weighted by Gasteiger charge is 2.46. The van der Waals surface area contributed by atoms with Gasteiger partial charge in [0, 0.05) is 42.6 Å². The van der Waals surface area contributed by atoms with E-state index in [1.807, 2.05) is 64.7 Å². The van der Waals surface area contributed by atoms with Crippen LogP contribution in [0, 0.1) is 5.92 Å². The molecule has 1 saturated heterocycles. The molecule has 2 N–H and O–H groups in total. The van der Waals surface area contributed by atoms with Crippen molar-refractivity contribution in [2.75, 3.05) is 6.54 Å². The molecule has 2 aromatic carbocycles. The van der Waals surface area contributed by atoms with Crippen LogP contribution in [0.3, 0.4) is 0 Å². The van der Waals surface area contributed by atoms with Gasteiger partial charge in [0.1, 0.15) is 11.4 Å². The molecular weight excluding hydrogens is 490 g/mol. The van der Waals surface area contributed by atoms with Crippen LogP contribution in [-0.2, 0) is 11.3 Å². The third kappa shape index (κ3) is 4.47. The Morgan fingerprint density at radius 3 is 2.67 bits per heavy atom. The maximum absolute atomic E-state index is 13.5. The lowest BCUT2D eigenvalue weighted by Gasteiger charge is -2.48. The van der Waals surface area contributed by atoms with Gasteiger partial charge in [0.05, 0.1) is 24.5 Å². The molecule has 0 bridgehead atoms. The number of ether oxygens (including phenoxy) is 1. The number of hydrogen-bond donors (Lipinski definition) is 2. The van der Waals surface area contributed by atoms with Crippen LogP contribution in [0.15, 0.2) is 83.2 Å². The van der Waals surface area contributed by atoms with Crippen LogP contribution in [0.1, 0.15) is 55.7 Å². The van der Waals surface area contributed by atoms with Gasteiger partial charge in [-0.15, -0.1) is 0 Å². The molecule has 39 heavy (non-hydrogen) atoms. The number of allylic oxidation sites excluding steroid dienone is 1. The van der Waals surface area contributed by atoms with Crippen LogP contribution in [0.5, 0.6) is 5.75 Å². The first-order chi connectivity index (χ1) is 19.1. The van der Waals surface area contributed by atoms with Crippen LogP contribution in [0.2, 0.25) is 0 Å². The molecule has 8 heteroatoms. The van der Waals surface area contributed by atoms with Crippen LogP contribution < -0.4 is 15.4 Å². The summed E-state index contributed by atoms with van der Waals surface area (Å²) in [6.45, 7) is 1.34. The molecule has 3 unspecified atom stereocenters. The Bertz CT molecular complexity index is 1380. The van der Waals surface area contributed by atoms with E-state index in [4.69, 9.17) is 9.84 Å².